The highest BCUT2D eigenvalue weighted by Gasteiger charge is 2.20. The molecule has 2 heteroatoms. The van der Waals surface area contributed by atoms with Gasteiger partial charge in [0.2, 0.25) is 0 Å². The Bertz CT molecular complexity index is 2740. The molecule has 0 unspecified atom stereocenters. The van der Waals surface area contributed by atoms with Gasteiger partial charge < -0.3 is 9.13 Å². The van der Waals surface area contributed by atoms with Gasteiger partial charge in [0.15, 0.2) is 0 Å². The van der Waals surface area contributed by atoms with E-state index in [-0.39, 0.29) is 0 Å². The molecule has 50 heavy (non-hydrogen) atoms. The molecule has 0 aliphatic carbocycles. The second kappa shape index (κ2) is 11.5. The van der Waals surface area contributed by atoms with Crippen LogP contribution in [0.1, 0.15) is 0 Å². The highest BCUT2D eigenvalue weighted by molar-refractivity contribution is 6.12. The molecule has 0 saturated carbocycles. The Hall–Kier alpha value is -6.64. The Morgan fingerprint density at radius 3 is 1.28 bits per heavy atom. The van der Waals surface area contributed by atoms with Crippen molar-refractivity contribution >= 4 is 43.6 Å². The van der Waals surface area contributed by atoms with E-state index in [0.29, 0.717) is 0 Å². The van der Waals surface area contributed by atoms with E-state index in [1.54, 1.807) is 0 Å². The molecule has 0 radical (unpaired) electrons. The van der Waals surface area contributed by atoms with Crippen molar-refractivity contribution in [2.75, 3.05) is 0 Å². The lowest BCUT2D eigenvalue weighted by Gasteiger charge is -2.19. The van der Waals surface area contributed by atoms with E-state index in [0.717, 1.165) is 5.69 Å². The summed E-state index contributed by atoms with van der Waals surface area (Å²) in [7, 11) is 0. The van der Waals surface area contributed by atoms with E-state index >= 15 is 0 Å². The summed E-state index contributed by atoms with van der Waals surface area (Å²) in [6, 6.07) is 70.4. The molecule has 10 aromatic rings. The van der Waals surface area contributed by atoms with E-state index in [4.69, 9.17) is 0 Å². The number of benzene rings is 8. The van der Waals surface area contributed by atoms with Crippen LogP contribution in [0.4, 0.5) is 0 Å². The van der Waals surface area contributed by atoms with Crippen molar-refractivity contribution in [1.29, 1.82) is 0 Å². The molecule has 0 saturated heterocycles. The first-order valence-electron chi connectivity index (χ1n) is 17.2. The van der Waals surface area contributed by atoms with Crippen molar-refractivity contribution in [2.24, 2.45) is 0 Å². The van der Waals surface area contributed by atoms with Gasteiger partial charge >= 0.3 is 0 Å². The van der Waals surface area contributed by atoms with Gasteiger partial charge in [-0.2, -0.15) is 0 Å². The highest BCUT2D eigenvalue weighted by Crippen LogP contribution is 2.42. The molecule has 0 bridgehead atoms. The maximum Gasteiger partial charge on any atom is 0.0618 e. The van der Waals surface area contributed by atoms with Crippen LogP contribution in [-0.2, 0) is 0 Å². The smallest absolute Gasteiger partial charge is 0.0618 e. The average molecular weight is 637 g/mol. The summed E-state index contributed by atoms with van der Waals surface area (Å²) in [5.41, 5.74) is 14.3. The van der Waals surface area contributed by atoms with Crippen molar-refractivity contribution in [3.05, 3.63) is 194 Å². The van der Waals surface area contributed by atoms with Crippen LogP contribution in [0.2, 0.25) is 0 Å². The quantitative estimate of drug-likeness (QED) is 0.178. The van der Waals surface area contributed by atoms with Crippen LogP contribution in [0.5, 0.6) is 0 Å². The summed E-state index contributed by atoms with van der Waals surface area (Å²) >= 11 is 0. The molecule has 0 N–H and O–H groups in total. The van der Waals surface area contributed by atoms with Gasteiger partial charge in [0.25, 0.3) is 0 Å². The zero-order valence-electron chi connectivity index (χ0n) is 27.4. The zero-order chi connectivity index (χ0) is 33.0. The van der Waals surface area contributed by atoms with E-state index < -0.39 is 0 Å². The number of hydrogen-bond donors (Lipinski definition) is 0. The molecule has 8 aromatic carbocycles. The summed E-state index contributed by atoms with van der Waals surface area (Å²) in [6.07, 6.45) is 0. The minimum atomic E-state index is 1.15. The largest absolute Gasteiger partial charge is 0.309 e. The second-order valence-electron chi connectivity index (χ2n) is 12.9. The van der Waals surface area contributed by atoms with Crippen molar-refractivity contribution in [2.45, 2.75) is 0 Å². The summed E-state index contributed by atoms with van der Waals surface area (Å²) in [5, 5.41) is 5.02. The first kappa shape index (κ1) is 28.4. The predicted octanol–water partition coefficient (Wildman–Crippen LogP) is 12.9. The molecule has 2 aromatic heterocycles. The average Bonchev–Trinajstić information content (AvgIpc) is 3.71. The van der Waals surface area contributed by atoms with Crippen LogP contribution < -0.4 is 0 Å². The molecule has 0 atom stereocenters. The van der Waals surface area contributed by atoms with Crippen molar-refractivity contribution in [1.82, 2.24) is 9.13 Å². The van der Waals surface area contributed by atoms with Crippen molar-refractivity contribution < 1.29 is 0 Å². The third-order valence-corrected chi connectivity index (χ3v) is 10.1. The summed E-state index contributed by atoms with van der Waals surface area (Å²) in [6.45, 7) is 0. The molecular weight excluding hydrogens is 605 g/mol. The normalized spacial score (nSPS) is 11.6. The number of fused-ring (bicyclic) bond motifs is 6. The van der Waals surface area contributed by atoms with Crippen LogP contribution in [0.15, 0.2) is 194 Å². The topological polar surface area (TPSA) is 9.86 Å². The number of aromatic nitrogens is 2. The van der Waals surface area contributed by atoms with Crippen LogP contribution in [0, 0.1) is 0 Å². The van der Waals surface area contributed by atoms with Crippen LogP contribution in [0.3, 0.4) is 0 Å². The lowest BCUT2D eigenvalue weighted by atomic mass is 9.95. The SMILES string of the molecule is c1ccc(-c2cccc(-c3ccccc3)c2-n2c3ccccc3c3ccc(-c4cccc(-n5c6ccccc6c6ccccc65)c4)cc32)cc1. The summed E-state index contributed by atoms with van der Waals surface area (Å²) in [5.74, 6) is 0. The predicted molar refractivity (Wildman–Crippen MR) is 211 cm³/mol. The van der Waals surface area contributed by atoms with E-state index in [2.05, 4.69) is 203 Å². The van der Waals surface area contributed by atoms with Crippen LogP contribution in [0.25, 0.3) is 88.4 Å². The fourth-order valence-electron chi connectivity index (χ4n) is 7.90. The van der Waals surface area contributed by atoms with Crippen LogP contribution >= 0.6 is 0 Å². The Morgan fingerprint density at radius 1 is 0.260 bits per heavy atom. The maximum absolute atomic E-state index is 2.50. The Labute approximate surface area is 290 Å². The molecule has 2 heterocycles. The number of para-hydroxylation sites is 4. The molecule has 0 amide bonds. The Morgan fingerprint density at radius 2 is 0.700 bits per heavy atom. The van der Waals surface area contributed by atoms with Gasteiger partial charge in [-0.3, -0.25) is 0 Å². The van der Waals surface area contributed by atoms with E-state index in [1.165, 1.54) is 82.7 Å². The first-order chi connectivity index (χ1) is 24.8. The molecule has 234 valence electrons. The molecule has 10 rings (SSSR count). The van der Waals surface area contributed by atoms with Gasteiger partial charge in [-0.05, 0) is 58.7 Å². The molecule has 0 spiro atoms. The van der Waals surface area contributed by atoms with Gasteiger partial charge in [-0.15, -0.1) is 0 Å². The van der Waals surface area contributed by atoms with Crippen LogP contribution in [-0.4, -0.2) is 9.13 Å². The molecular formula is C48H32N2. The monoisotopic (exact) mass is 636 g/mol. The maximum atomic E-state index is 2.50. The standard InChI is InChI=1S/C48H32N2/c1-3-15-33(16-4-1)38-24-14-25-39(34-17-5-2-6-18-34)48(38)50-46-28-12-9-23-42(46)43-30-29-36(32-47(43)50)35-19-13-20-37(31-35)49-44-26-10-7-21-40(44)41-22-8-11-27-45(41)49/h1-32H. The number of nitrogens with zero attached hydrogens (tertiary/aromatic N) is 2. The molecule has 0 aliphatic rings. The van der Waals surface area contributed by atoms with Gasteiger partial charge in [0.1, 0.15) is 0 Å². The lowest BCUT2D eigenvalue weighted by Crippen LogP contribution is -2.00. The molecule has 0 aliphatic heterocycles. The molecule has 2 nitrogen and oxygen atoms in total. The Balaban J connectivity index is 1.24. The lowest BCUT2D eigenvalue weighted by molar-refractivity contribution is 1.18. The summed E-state index contributed by atoms with van der Waals surface area (Å²) < 4.78 is 4.89. The number of rotatable bonds is 5. The second-order valence-corrected chi connectivity index (χ2v) is 12.9. The van der Waals surface area contributed by atoms with Crippen molar-refractivity contribution in [3.63, 3.8) is 0 Å². The van der Waals surface area contributed by atoms with Gasteiger partial charge in [0.05, 0.1) is 27.8 Å². The minimum Gasteiger partial charge on any atom is -0.309 e. The fourth-order valence-corrected chi connectivity index (χ4v) is 7.90. The van der Waals surface area contributed by atoms with E-state index in [1.807, 2.05) is 0 Å². The summed E-state index contributed by atoms with van der Waals surface area (Å²) in [4.78, 5) is 0. The molecule has 0 fully saturated rings. The van der Waals surface area contributed by atoms with Gasteiger partial charge in [-0.1, -0.05) is 158 Å². The fraction of sp³-hybridized carbons (Fsp3) is 0. The first-order valence-corrected chi connectivity index (χ1v) is 17.2. The minimum absolute atomic E-state index is 1.15. The van der Waals surface area contributed by atoms with Crippen molar-refractivity contribution in [3.8, 4) is 44.8 Å². The number of hydrogen-bond acceptors (Lipinski definition) is 0. The highest BCUT2D eigenvalue weighted by atomic mass is 15.0. The van der Waals surface area contributed by atoms with E-state index in [9.17, 15) is 0 Å². The third-order valence-electron chi connectivity index (χ3n) is 10.1. The van der Waals surface area contributed by atoms with Gasteiger partial charge in [0, 0.05) is 38.4 Å². The third kappa shape index (κ3) is 4.43. The zero-order valence-corrected chi connectivity index (χ0v) is 27.4. The van der Waals surface area contributed by atoms with Gasteiger partial charge in [-0.25, -0.2) is 0 Å². The Kier molecular flexibility index (Phi) is 6.53.